The Kier molecular flexibility index (Phi) is 5.98. The normalized spacial score (nSPS) is 21.5. The number of carbonyl (C=O) groups is 2. The molecule has 1 heterocycles. The number of hydrogen-bond donors (Lipinski definition) is 2. The van der Waals surface area contributed by atoms with Crippen LogP contribution in [0, 0.1) is 0 Å². The van der Waals surface area contributed by atoms with Crippen LogP contribution in [-0.2, 0) is 9.59 Å². The van der Waals surface area contributed by atoms with Gasteiger partial charge in [0.15, 0.2) is 0 Å². The van der Waals surface area contributed by atoms with E-state index in [1.807, 2.05) is 6.92 Å². The van der Waals surface area contributed by atoms with Crippen LogP contribution >= 0.6 is 0 Å². The zero-order valence-corrected chi connectivity index (χ0v) is 17.6. The molecule has 1 aliphatic heterocycles. The first kappa shape index (κ1) is 21.0. The molecule has 2 aromatic rings. The van der Waals surface area contributed by atoms with Gasteiger partial charge in [0.1, 0.15) is 17.3 Å². The maximum atomic E-state index is 13.1. The van der Waals surface area contributed by atoms with Crippen LogP contribution in [0.15, 0.2) is 54.1 Å². The average Bonchev–Trinajstić information content (AvgIpc) is 3.06. The van der Waals surface area contributed by atoms with E-state index in [0.717, 1.165) is 32.1 Å². The lowest BCUT2D eigenvalue weighted by Gasteiger charge is -2.35. The number of carbonyl (C=O) groups excluding carboxylic acids is 2. The number of benzene rings is 2. The molecule has 1 aliphatic carbocycles. The Morgan fingerprint density at radius 3 is 2.26 bits per heavy atom. The third-order valence-electron chi connectivity index (χ3n) is 6.10. The molecule has 2 fully saturated rings. The SMILES string of the molecule is CCOc1ccc(/C(O)=C2/C(=O)C(=O)N(C3CCCCC3)C2c2ccc(O)cc2)cc1. The molecule has 1 amide bonds. The Bertz CT molecular complexity index is 988. The number of aliphatic hydroxyl groups is 1. The molecule has 2 aliphatic rings. The summed E-state index contributed by atoms with van der Waals surface area (Å²) in [6.45, 7) is 2.41. The molecule has 0 aromatic heterocycles. The van der Waals surface area contributed by atoms with Gasteiger partial charge in [0.2, 0.25) is 0 Å². The van der Waals surface area contributed by atoms with Crippen molar-refractivity contribution in [3.8, 4) is 11.5 Å². The van der Waals surface area contributed by atoms with Crippen LogP contribution in [0.25, 0.3) is 5.76 Å². The van der Waals surface area contributed by atoms with Gasteiger partial charge in [-0.05, 0) is 61.7 Å². The van der Waals surface area contributed by atoms with Crippen molar-refractivity contribution >= 4 is 17.4 Å². The molecular formula is C25H27NO5. The fraction of sp³-hybridized carbons (Fsp3) is 0.360. The Hall–Kier alpha value is -3.28. The molecule has 6 heteroatoms. The molecule has 0 bridgehead atoms. The van der Waals surface area contributed by atoms with Gasteiger partial charge in [-0.1, -0.05) is 31.4 Å². The number of nitrogens with zero attached hydrogens (tertiary/aromatic N) is 1. The number of rotatable bonds is 5. The van der Waals surface area contributed by atoms with Gasteiger partial charge in [0, 0.05) is 11.6 Å². The Morgan fingerprint density at radius 1 is 1.00 bits per heavy atom. The monoisotopic (exact) mass is 421 g/mol. The Balaban J connectivity index is 1.81. The molecule has 4 rings (SSSR count). The molecule has 0 radical (unpaired) electrons. The van der Waals surface area contributed by atoms with Crippen molar-refractivity contribution in [2.45, 2.75) is 51.1 Å². The van der Waals surface area contributed by atoms with Gasteiger partial charge in [-0.25, -0.2) is 0 Å². The summed E-state index contributed by atoms with van der Waals surface area (Å²) in [5.41, 5.74) is 1.23. The number of phenols is 1. The molecule has 162 valence electrons. The first-order chi connectivity index (χ1) is 15.0. The summed E-state index contributed by atoms with van der Waals surface area (Å²) in [5.74, 6) is -0.674. The maximum absolute atomic E-state index is 13.1. The van der Waals surface area contributed by atoms with Crippen molar-refractivity contribution in [2.24, 2.45) is 0 Å². The van der Waals surface area contributed by atoms with E-state index in [9.17, 15) is 19.8 Å². The van der Waals surface area contributed by atoms with Crippen LogP contribution in [0.3, 0.4) is 0 Å². The van der Waals surface area contributed by atoms with E-state index in [4.69, 9.17) is 4.74 Å². The van der Waals surface area contributed by atoms with Crippen molar-refractivity contribution < 1.29 is 24.5 Å². The summed E-state index contributed by atoms with van der Waals surface area (Å²) in [7, 11) is 0. The van der Waals surface area contributed by atoms with Crippen LogP contribution in [0.2, 0.25) is 0 Å². The van der Waals surface area contributed by atoms with Gasteiger partial charge in [0.25, 0.3) is 11.7 Å². The second-order valence-corrected chi connectivity index (χ2v) is 8.05. The van der Waals surface area contributed by atoms with Crippen molar-refractivity contribution in [3.05, 3.63) is 65.2 Å². The highest BCUT2D eigenvalue weighted by Gasteiger charge is 2.48. The van der Waals surface area contributed by atoms with E-state index in [2.05, 4.69) is 0 Å². The lowest BCUT2D eigenvalue weighted by atomic mass is 9.91. The van der Waals surface area contributed by atoms with E-state index < -0.39 is 17.7 Å². The van der Waals surface area contributed by atoms with E-state index in [-0.39, 0.29) is 23.1 Å². The number of ether oxygens (including phenoxy) is 1. The summed E-state index contributed by atoms with van der Waals surface area (Å²) >= 11 is 0. The van der Waals surface area contributed by atoms with Crippen LogP contribution in [0.5, 0.6) is 11.5 Å². The van der Waals surface area contributed by atoms with Gasteiger partial charge in [0.05, 0.1) is 18.2 Å². The summed E-state index contributed by atoms with van der Waals surface area (Å²) in [6.07, 6.45) is 4.82. The number of aromatic hydroxyl groups is 1. The summed E-state index contributed by atoms with van der Waals surface area (Å²) in [6, 6.07) is 12.6. The molecular weight excluding hydrogens is 394 g/mol. The predicted molar refractivity (Wildman–Crippen MR) is 117 cm³/mol. The molecule has 6 nitrogen and oxygen atoms in total. The Morgan fingerprint density at radius 2 is 1.65 bits per heavy atom. The Labute approximate surface area is 181 Å². The molecule has 1 saturated heterocycles. The molecule has 31 heavy (non-hydrogen) atoms. The topological polar surface area (TPSA) is 87.1 Å². The van der Waals surface area contributed by atoms with E-state index in [1.54, 1.807) is 41.3 Å². The second-order valence-electron chi connectivity index (χ2n) is 8.05. The third kappa shape index (κ3) is 4.02. The number of ketones is 1. The van der Waals surface area contributed by atoms with Gasteiger partial charge in [-0.2, -0.15) is 0 Å². The van der Waals surface area contributed by atoms with Crippen LogP contribution in [0.1, 0.15) is 56.2 Å². The van der Waals surface area contributed by atoms with Crippen molar-refractivity contribution in [1.29, 1.82) is 0 Å². The molecule has 2 aromatic carbocycles. The van der Waals surface area contributed by atoms with Crippen LogP contribution < -0.4 is 4.74 Å². The predicted octanol–water partition coefficient (Wildman–Crippen LogP) is 4.55. The molecule has 1 saturated carbocycles. The van der Waals surface area contributed by atoms with Crippen LogP contribution in [-0.4, -0.2) is 39.5 Å². The lowest BCUT2D eigenvalue weighted by molar-refractivity contribution is -0.141. The minimum absolute atomic E-state index is 0.0466. The number of phenolic OH excluding ortho intramolecular Hbond substituents is 1. The van der Waals surface area contributed by atoms with Crippen LogP contribution in [0.4, 0.5) is 0 Å². The highest BCUT2D eigenvalue weighted by Crippen LogP contribution is 2.43. The standard InChI is InChI=1S/C25H27NO5/c1-2-31-20-14-10-17(11-15-20)23(28)21-22(16-8-12-19(27)13-9-16)26(25(30)24(21)29)18-6-4-3-5-7-18/h8-15,18,22,27-28H,2-7H2,1H3/b23-21-. The first-order valence-corrected chi connectivity index (χ1v) is 10.8. The number of hydrogen-bond acceptors (Lipinski definition) is 5. The van der Waals surface area contributed by atoms with Gasteiger partial charge < -0.3 is 19.8 Å². The first-order valence-electron chi connectivity index (χ1n) is 10.8. The average molecular weight is 421 g/mol. The van der Waals surface area contributed by atoms with Crippen molar-refractivity contribution in [2.75, 3.05) is 6.61 Å². The number of likely N-dealkylation sites (tertiary alicyclic amines) is 1. The van der Waals surface area contributed by atoms with Gasteiger partial charge in [-0.3, -0.25) is 9.59 Å². The molecule has 2 N–H and O–H groups in total. The molecule has 1 unspecified atom stereocenters. The quantitative estimate of drug-likeness (QED) is 0.420. The number of Topliss-reactive ketones (excluding diaryl/α,β-unsaturated/α-hetero) is 1. The highest BCUT2D eigenvalue weighted by atomic mass is 16.5. The molecule has 1 atom stereocenters. The maximum Gasteiger partial charge on any atom is 0.295 e. The summed E-state index contributed by atoms with van der Waals surface area (Å²) < 4.78 is 5.45. The zero-order valence-electron chi connectivity index (χ0n) is 17.6. The van der Waals surface area contributed by atoms with Gasteiger partial charge >= 0.3 is 0 Å². The second kappa shape index (κ2) is 8.84. The minimum Gasteiger partial charge on any atom is -0.508 e. The lowest BCUT2D eigenvalue weighted by Crippen LogP contribution is -2.40. The van der Waals surface area contributed by atoms with Gasteiger partial charge in [-0.15, -0.1) is 0 Å². The minimum atomic E-state index is -0.685. The molecule has 0 spiro atoms. The largest absolute Gasteiger partial charge is 0.508 e. The van der Waals surface area contributed by atoms with E-state index >= 15 is 0 Å². The zero-order chi connectivity index (χ0) is 22.0. The fourth-order valence-corrected chi connectivity index (χ4v) is 4.60. The van der Waals surface area contributed by atoms with Crippen molar-refractivity contribution in [3.63, 3.8) is 0 Å². The number of aliphatic hydroxyl groups excluding tert-OH is 1. The van der Waals surface area contributed by atoms with E-state index in [0.29, 0.717) is 23.5 Å². The van der Waals surface area contributed by atoms with E-state index in [1.165, 1.54) is 12.1 Å². The van der Waals surface area contributed by atoms with Crippen molar-refractivity contribution in [1.82, 2.24) is 4.90 Å². The summed E-state index contributed by atoms with van der Waals surface area (Å²) in [5, 5.41) is 20.8. The third-order valence-corrected chi connectivity index (χ3v) is 6.10. The number of amides is 1. The fourth-order valence-electron chi connectivity index (χ4n) is 4.60. The highest BCUT2D eigenvalue weighted by molar-refractivity contribution is 6.46. The summed E-state index contributed by atoms with van der Waals surface area (Å²) in [4.78, 5) is 27.9. The smallest absolute Gasteiger partial charge is 0.295 e.